The number of unbranched alkanes of at least 4 members (excludes halogenated alkanes) is 1. The minimum atomic E-state index is 0.778. The van der Waals surface area contributed by atoms with E-state index in [0.717, 1.165) is 24.8 Å². The Bertz CT molecular complexity index is 416. The number of nitrogens with zero attached hydrogens (tertiary/aromatic N) is 3. The fourth-order valence-corrected chi connectivity index (χ4v) is 3.44. The number of H-pyrrole nitrogens is 1. The zero-order valence-corrected chi connectivity index (χ0v) is 13.3. The predicted octanol–water partition coefficient (Wildman–Crippen LogP) is 1.23. The van der Waals surface area contributed by atoms with Crippen LogP contribution < -0.4 is 5.32 Å². The van der Waals surface area contributed by atoms with Crippen LogP contribution in [0.3, 0.4) is 0 Å². The van der Waals surface area contributed by atoms with Crippen LogP contribution in [-0.2, 0) is 13.0 Å². The second-order valence-electron chi connectivity index (χ2n) is 6.42. The van der Waals surface area contributed by atoms with Gasteiger partial charge in [-0.25, -0.2) is 4.98 Å². The molecular formula is C16H29N5. The van der Waals surface area contributed by atoms with E-state index < -0.39 is 0 Å². The van der Waals surface area contributed by atoms with E-state index in [4.69, 9.17) is 0 Å². The maximum absolute atomic E-state index is 4.50. The highest BCUT2D eigenvalue weighted by Gasteiger charge is 2.25. The molecule has 21 heavy (non-hydrogen) atoms. The van der Waals surface area contributed by atoms with Crippen molar-refractivity contribution in [2.45, 2.75) is 45.2 Å². The summed E-state index contributed by atoms with van der Waals surface area (Å²) in [6, 6.07) is 0.778. The number of imidazole rings is 1. The van der Waals surface area contributed by atoms with Crippen molar-refractivity contribution in [1.82, 2.24) is 25.1 Å². The molecule has 0 saturated carbocycles. The Morgan fingerprint density at radius 1 is 1.29 bits per heavy atom. The molecular weight excluding hydrogens is 262 g/mol. The summed E-state index contributed by atoms with van der Waals surface area (Å²) in [5.41, 5.74) is 1.28. The minimum absolute atomic E-state index is 0.778. The van der Waals surface area contributed by atoms with Crippen molar-refractivity contribution < 1.29 is 0 Å². The first-order chi connectivity index (χ1) is 10.3. The molecule has 1 aromatic heterocycles. The molecule has 118 valence electrons. The van der Waals surface area contributed by atoms with Gasteiger partial charge in [0.2, 0.25) is 0 Å². The summed E-state index contributed by atoms with van der Waals surface area (Å²) in [7, 11) is 0. The molecule has 1 unspecified atom stereocenters. The van der Waals surface area contributed by atoms with Crippen molar-refractivity contribution in [2.75, 3.05) is 39.3 Å². The third kappa shape index (κ3) is 4.05. The Morgan fingerprint density at radius 2 is 2.14 bits per heavy atom. The average Bonchev–Trinajstić information content (AvgIpc) is 3.17. The van der Waals surface area contributed by atoms with Gasteiger partial charge in [-0.3, -0.25) is 9.80 Å². The predicted molar refractivity (Wildman–Crippen MR) is 85.3 cm³/mol. The Kier molecular flexibility index (Phi) is 5.27. The number of hydrogen-bond acceptors (Lipinski definition) is 4. The van der Waals surface area contributed by atoms with Crippen molar-refractivity contribution >= 4 is 0 Å². The second-order valence-corrected chi connectivity index (χ2v) is 6.42. The standard InChI is InChI=1S/C16H29N5/c1-2-3-4-16-18-11-14(19-16)13-20-7-9-21(10-8-20)15-5-6-17-12-15/h11,15,17H,2-10,12-13H2,1H3,(H,18,19). The van der Waals surface area contributed by atoms with Crippen LogP contribution in [0.2, 0.25) is 0 Å². The monoisotopic (exact) mass is 291 g/mol. The van der Waals surface area contributed by atoms with Gasteiger partial charge in [-0.05, 0) is 19.4 Å². The van der Waals surface area contributed by atoms with Gasteiger partial charge in [-0.1, -0.05) is 13.3 Å². The summed E-state index contributed by atoms with van der Waals surface area (Å²) in [6.45, 7) is 10.4. The van der Waals surface area contributed by atoms with Crippen LogP contribution in [0.4, 0.5) is 0 Å². The maximum Gasteiger partial charge on any atom is 0.106 e. The van der Waals surface area contributed by atoms with E-state index in [-0.39, 0.29) is 0 Å². The molecule has 0 amide bonds. The second kappa shape index (κ2) is 7.38. The number of hydrogen-bond donors (Lipinski definition) is 2. The molecule has 0 aromatic carbocycles. The molecule has 5 nitrogen and oxygen atoms in total. The molecule has 2 aliphatic rings. The molecule has 3 rings (SSSR count). The van der Waals surface area contributed by atoms with E-state index >= 15 is 0 Å². The SMILES string of the molecule is CCCCc1ncc(CN2CCN(C3CCNC3)CC2)[nH]1. The molecule has 5 heteroatoms. The number of piperazine rings is 1. The molecule has 0 spiro atoms. The van der Waals surface area contributed by atoms with E-state index in [1.54, 1.807) is 0 Å². The van der Waals surface area contributed by atoms with Crippen LogP contribution in [0.15, 0.2) is 6.20 Å². The Balaban J connectivity index is 1.43. The summed E-state index contributed by atoms with van der Waals surface area (Å²) in [6.07, 6.45) is 6.88. The normalized spacial score (nSPS) is 24.7. The topological polar surface area (TPSA) is 47.2 Å². The fraction of sp³-hybridized carbons (Fsp3) is 0.812. The third-order valence-electron chi connectivity index (χ3n) is 4.80. The van der Waals surface area contributed by atoms with Crippen molar-refractivity contribution in [3.63, 3.8) is 0 Å². The third-order valence-corrected chi connectivity index (χ3v) is 4.80. The number of rotatable bonds is 6. The first kappa shape index (κ1) is 15.0. The smallest absolute Gasteiger partial charge is 0.106 e. The lowest BCUT2D eigenvalue weighted by Gasteiger charge is -2.37. The Labute approximate surface area is 128 Å². The molecule has 2 saturated heterocycles. The van der Waals surface area contributed by atoms with Gasteiger partial charge in [-0.2, -0.15) is 0 Å². The van der Waals surface area contributed by atoms with Crippen LogP contribution in [0.5, 0.6) is 0 Å². The van der Waals surface area contributed by atoms with Crippen molar-refractivity contribution in [3.8, 4) is 0 Å². The first-order valence-electron chi connectivity index (χ1n) is 8.55. The molecule has 2 aliphatic heterocycles. The summed E-state index contributed by atoms with van der Waals surface area (Å²) in [4.78, 5) is 13.2. The highest BCUT2D eigenvalue weighted by molar-refractivity contribution is 5.02. The number of aromatic nitrogens is 2. The van der Waals surface area contributed by atoms with Crippen LogP contribution in [0.25, 0.3) is 0 Å². The van der Waals surface area contributed by atoms with Crippen LogP contribution in [0.1, 0.15) is 37.7 Å². The maximum atomic E-state index is 4.50. The molecule has 0 bridgehead atoms. The lowest BCUT2D eigenvalue weighted by atomic mass is 10.2. The Hall–Kier alpha value is -0.910. The van der Waals surface area contributed by atoms with Gasteiger partial charge in [0, 0.05) is 63.6 Å². The van der Waals surface area contributed by atoms with Gasteiger partial charge in [0.1, 0.15) is 5.82 Å². The minimum Gasteiger partial charge on any atom is -0.345 e. The van der Waals surface area contributed by atoms with Crippen LogP contribution in [-0.4, -0.2) is 65.1 Å². The molecule has 0 radical (unpaired) electrons. The molecule has 1 aromatic rings. The molecule has 0 aliphatic carbocycles. The van der Waals surface area contributed by atoms with Gasteiger partial charge in [0.05, 0.1) is 0 Å². The molecule has 2 N–H and O–H groups in total. The van der Waals surface area contributed by atoms with Crippen molar-refractivity contribution in [2.24, 2.45) is 0 Å². The fourth-order valence-electron chi connectivity index (χ4n) is 3.44. The summed E-state index contributed by atoms with van der Waals surface area (Å²) in [5.74, 6) is 1.16. The van der Waals surface area contributed by atoms with E-state index in [1.807, 2.05) is 6.20 Å². The number of aryl methyl sites for hydroxylation is 1. The van der Waals surface area contributed by atoms with Crippen molar-refractivity contribution in [3.05, 3.63) is 17.7 Å². The number of nitrogens with one attached hydrogen (secondary N) is 2. The zero-order valence-electron chi connectivity index (χ0n) is 13.3. The molecule has 2 fully saturated rings. The van der Waals surface area contributed by atoms with Gasteiger partial charge < -0.3 is 10.3 Å². The summed E-state index contributed by atoms with van der Waals surface area (Å²) in [5, 5.41) is 3.47. The van der Waals surface area contributed by atoms with E-state index in [0.29, 0.717) is 0 Å². The average molecular weight is 291 g/mol. The highest BCUT2D eigenvalue weighted by Crippen LogP contribution is 2.13. The zero-order chi connectivity index (χ0) is 14.5. The largest absolute Gasteiger partial charge is 0.345 e. The van der Waals surface area contributed by atoms with Crippen LogP contribution in [0, 0.1) is 0 Å². The summed E-state index contributed by atoms with van der Waals surface area (Å²) < 4.78 is 0. The van der Waals surface area contributed by atoms with E-state index in [1.165, 1.54) is 64.2 Å². The van der Waals surface area contributed by atoms with Gasteiger partial charge >= 0.3 is 0 Å². The number of aromatic amines is 1. The first-order valence-corrected chi connectivity index (χ1v) is 8.55. The molecule has 1 atom stereocenters. The van der Waals surface area contributed by atoms with Crippen molar-refractivity contribution in [1.29, 1.82) is 0 Å². The van der Waals surface area contributed by atoms with E-state index in [2.05, 4.69) is 32.0 Å². The van der Waals surface area contributed by atoms with E-state index in [9.17, 15) is 0 Å². The van der Waals surface area contributed by atoms with Crippen LogP contribution >= 0.6 is 0 Å². The lowest BCUT2D eigenvalue weighted by molar-refractivity contribution is 0.0974. The van der Waals surface area contributed by atoms with Gasteiger partial charge in [0.25, 0.3) is 0 Å². The quantitative estimate of drug-likeness (QED) is 0.828. The lowest BCUT2D eigenvalue weighted by Crippen LogP contribution is -2.50. The Morgan fingerprint density at radius 3 is 2.86 bits per heavy atom. The van der Waals surface area contributed by atoms with Gasteiger partial charge in [-0.15, -0.1) is 0 Å². The highest BCUT2D eigenvalue weighted by atomic mass is 15.3. The van der Waals surface area contributed by atoms with Gasteiger partial charge in [0.15, 0.2) is 0 Å². The summed E-state index contributed by atoms with van der Waals surface area (Å²) >= 11 is 0. The molecule has 3 heterocycles.